The fourth-order valence-corrected chi connectivity index (χ4v) is 4.49. The molecule has 0 spiro atoms. The van der Waals surface area contributed by atoms with Crippen LogP contribution in [0.2, 0.25) is 0 Å². The maximum Gasteiger partial charge on any atom is 0.261 e. The van der Waals surface area contributed by atoms with Crippen LogP contribution in [0.15, 0.2) is 48.4 Å². The molecule has 0 atom stereocenters. The number of rotatable bonds is 7. The first kappa shape index (κ1) is 20.7. The Morgan fingerprint density at radius 2 is 1.84 bits per heavy atom. The summed E-state index contributed by atoms with van der Waals surface area (Å²) >= 11 is 1.34. The van der Waals surface area contributed by atoms with E-state index in [4.69, 9.17) is 0 Å². The van der Waals surface area contributed by atoms with Crippen molar-refractivity contribution in [2.45, 2.75) is 26.8 Å². The van der Waals surface area contributed by atoms with Gasteiger partial charge in [0.25, 0.3) is 11.8 Å². The van der Waals surface area contributed by atoms with Gasteiger partial charge in [-0.1, -0.05) is 18.2 Å². The highest BCUT2D eigenvalue weighted by Gasteiger charge is 2.35. The van der Waals surface area contributed by atoms with Gasteiger partial charge in [-0.25, -0.2) is 4.98 Å². The van der Waals surface area contributed by atoms with Gasteiger partial charge in [0.1, 0.15) is 0 Å². The normalized spacial score (nSPS) is 12.9. The lowest BCUT2D eigenvalue weighted by atomic mass is 10.1. The van der Waals surface area contributed by atoms with Crippen molar-refractivity contribution < 1.29 is 14.4 Å². The average Bonchev–Trinajstić information content (AvgIpc) is 3.39. The molecule has 31 heavy (non-hydrogen) atoms. The number of nitrogens with zero attached hydrogens (tertiary/aromatic N) is 3. The van der Waals surface area contributed by atoms with Crippen molar-refractivity contribution in [1.29, 1.82) is 0 Å². The van der Waals surface area contributed by atoms with Gasteiger partial charge in [0.2, 0.25) is 5.91 Å². The van der Waals surface area contributed by atoms with Crippen LogP contribution >= 0.6 is 11.3 Å². The highest BCUT2D eigenvalue weighted by molar-refractivity contribution is 7.14. The Morgan fingerprint density at radius 1 is 1.16 bits per heavy atom. The zero-order valence-corrected chi connectivity index (χ0v) is 18.2. The number of fused-ring (bicyclic) bond motifs is 1. The molecule has 2 aromatic heterocycles. The van der Waals surface area contributed by atoms with E-state index in [1.807, 2.05) is 25.3 Å². The summed E-state index contributed by atoms with van der Waals surface area (Å²) in [5.74, 6) is -1.02. The van der Waals surface area contributed by atoms with Gasteiger partial charge in [0.15, 0.2) is 5.13 Å². The number of hydrogen-bond donors (Lipinski definition) is 1. The summed E-state index contributed by atoms with van der Waals surface area (Å²) in [6.07, 6.45) is 1.86. The van der Waals surface area contributed by atoms with Crippen molar-refractivity contribution in [3.63, 3.8) is 0 Å². The molecule has 0 bridgehead atoms. The molecule has 158 valence electrons. The Labute approximate surface area is 184 Å². The van der Waals surface area contributed by atoms with Gasteiger partial charge < -0.3 is 9.88 Å². The van der Waals surface area contributed by atoms with E-state index in [9.17, 15) is 14.4 Å². The number of aryl methyl sites for hydroxylation is 1. The lowest BCUT2D eigenvalue weighted by Gasteiger charge is -2.12. The smallest absolute Gasteiger partial charge is 0.261 e. The van der Waals surface area contributed by atoms with E-state index in [1.165, 1.54) is 11.3 Å². The van der Waals surface area contributed by atoms with Crippen molar-refractivity contribution in [2.24, 2.45) is 0 Å². The first-order valence-electron chi connectivity index (χ1n) is 9.89. The fraction of sp³-hybridized carbons (Fsp3) is 0.217. The summed E-state index contributed by atoms with van der Waals surface area (Å²) < 4.78 is 2.15. The minimum Gasteiger partial charge on any atom is -0.345 e. The van der Waals surface area contributed by atoms with E-state index in [1.54, 1.807) is 24.3 Å². The van der Waals surface area contributed by atoms with Gasteiger partial charge in [-0.05, 0) is 32.0 Å². The zero-order valence-electron chi connectivity index (χ0n) is 17.3. The molecule has 1 aliphatic heterocycles. The molecular formula is C23H22N4O3S. The van der Waals surface area contributed by atoms with Crippen LogP contribution in [0.25, 0.3) is 11.3 Å². The highest BCUT2D eigenvalue weighted by Crippen LogP contribution is 2.30. The second kappa shape index (κ2) is 8.31. The van der Waals surface area contributed by atoms with Gasteiger partial charge in [0, 0.05) is 41.8 Å². The molecule has 8 heteroatoms. The molecule has 3 aromatic rings. The Morgan fingerprint density at radius 3 is 2.48 bits per heavy atom. The maximum absolute atomic E-state index is 12.4. The predicted molar refractivity (Wildman–Crippen MR) is 120 cm³/mol. The third-order valence-corrected chi connectivity index (χ3v) is 6.11. The SMILES string of the molecule is C=CCn1c(C)cc(-c2csc(NC(=O)CCN3C(=O)c4ccccc4C3=O)n2)c1C. The molecule has 0 fully saturated rings. The minimum atomic E-state index is -0.361. The van der Waals surface area contributed by atoms with Crippen LogP contribution in [-0.2, 0) is 11.3 Å². The van der Waals surface area contributed by atoms with Gasteiger partial charge in [-0.15, -0.1) is 17.9 Å². The van der Waals surface area contributed by atoms with Crippen LogP contribution in [0.3, 0.4) is 0 Å². The van der Waals surface area contributed by atoms with Gasteiger partial charge in [0.05, 0.1) is 16.8 Å². The topological polar surface area (TPSA) is 84.3 Å². The van der Waals surface area contributed by atoms with E-state index in [0.29, 0.717) is 16.3 Å². The van der Waals surface area contributed by atoms with Gasteiger partial charge in [-0.3, -0.25) is 19.3 Å². The minimum absolute atomic E-state index is 0.00816. The molecule has 4 rings (SSSR count). The lowest BCUT2D eigenvalue weighted by Crippen LogP contribution is -2.32. The van der Waals surface area contributed by atoms with Crippen LogP contribution in [0.5, 0.6) is 0 Å². The summed E-state index contributed by atoms with van der Waals surface area (Å²) in [5, 5.41) is 5.15. The molecule has 0 aliphatic carbocycles. The first-order valence-corrected chi connectivity index (χ1v) is 10.8. The monoisotopic (exact) mass is 434 g/mol. The van der Waals surface area contributed by atoms with Crippen molar-refractivity contribution in [3.8, 4) is 11.3 Å². The van der Waals surface area contributed by atoms with Crippen molar-refractivity contribution >= 4 is 34.2 Å². The van der Waals surface area contributed by atoms with E-state index in [-0.39, 0.29) is 30.7 Å². The molecular weight excluding hydrogens is 412 g/mol. The van der Waals surface area contributed by atoms with Crippen molar-refractivity contribution in [2.75, 3.05) is 11.9 Å². The van der Waals surface area contributed by atoms with Crippen LogP contribution in [0.4, 0.5) is 5.13 Å². The van der Waals surface area contributed by atoms with E-state index < -0.39 is 0 Å². The van der Waals surface area contributed by atoms with Crippen LogP contribution < -0.4 is 5.32 Å². The number of carbonyl (C=O) groups excluding carboxylic acids is 3. The van der Waals surface area contributed by atoms with Gasteiger partial charge in [-0.2, -0.15) is 0 Å². The second-order valence-corrected chi connectivity index (χ2v) is 8.19. The number of anilines is 1. The van der Waals surface area contributed by atoms with E-state index in [0.717, 1.165) is 34.1 Å². The Kier molecular flexibility index (Phi) is 5.56. The number of allylic oxidation sites excluding steroid dienone is 1. The largest absolute Gasteiger partial charge is 0.345 e. The first-order chi connectivity index (χ1) is 14.9. The standard InChI is InChI=1S/C23H22N4O3S/c1-4-10-26-14(2)12-18(15(26)3)19-13-31-23(24-19)25-20(28)9-11-27-21(29)16-7-5-6-8-17(16)22(27)30/h4-8,12-13H,1,9-11H2,2-3H3,(H,24,25,28). The third-order valence-electron chi connectivity index (χ3n) is 5.35. The van der Waals surface area contributed by atoms with Crippen LogP contribution in [0, 0.1) is 13.8 Å². The fourth-order valence-electron chi connectivity index (χ4n) is 3.76. The van der Waals surface area contributed by atoms with Crippen LogP contribution in [0.1, 0.15) is 38.5 Å². The van der Waals surface area contributed by atoms with E-state index >= 15 is 0 Å². The molecule has 7 nitrogen and oxygen atoms in total. The van der Waals surface area contributed by atoms with Crippen molar-refractivity contribution in [3.05, 3.63) is 70.9 Å². The van der Waals surface area contributed by atoms with Crippen molar-refractivity contribution in [1.82, 2.24) is 14.5 Å². The van der Waals surface area contributed by atoms with Crippen LogP contribution in [-0.4, -0.2) is 38.7 Å². The third kappa shape index (κ3) is 3.82. The zero-order chi connectivity index (χ0) is 22.1. The maximum atomic E-state index is 12.4. The molecule has 1 aliphatic rings. The average molecular weight is 435 g/mol. The number of thiazole rings is 1. The number of imide groups is 1. The summed E-state index contributed by atoms with van der Waals surface area (Å²) in [4.78, 5) is 42.9. The summed E-state index contributed by atoms with van der Waals surface area (Å²) in [5.41, 5.74) is 4.78. The number of carbonyl (C=O) groups is 3. The summed E-state index contributed by atoms with van der Waals surface area (Å²) in [7, 11) is 0. The second-order valence-electron chi connectivity index (χ2n) is 7.33. The van der Waals surface area contributed by atoms with Gasteiger partial charge >= 0.3 is 0 Å². The molecule has 3 amide bonds. The molecule has 0 unspecified atom stereocenters. The molecule has 3 heterocycles. The number of aromatic nitrogens is 2. The lowest BCUT2D eigenvalue weighted by molar-refractivity contribution is -0.116. The summed E-state index contributed by atoms with van der Waals surface area (Å²) in [6.45, 7) is 8.62. The molecule has 1 aromatic carbocycles. The quantitative estimate of drug-likeness (QED) is 0.449. The Hall–Kier alpha value is -3.52. The molecule has 0 saturated carbocycles. The number of amides is 3. The van der Waals surface area contributed by atoms with E-state index in [2.05, 4.69) is 27.5 Å². The molecule has 1 N–H and O–H groups in total. The number of hydrogen-bond acceptors (Lipinski definition) is 5. The number of nitrogens with one attached hydrogen (secondary N) is 1. The predicted octanol–water partition coefficient (Wildman–Crippen LogP) is 4.04. The Balaban J connectivity index is 1.39. The molecule has 0 saturated heterocycles. The highest BCUT2D eigenvalue weighted by atomic mass is 32.1. The molecule has 0 radical (unpaired) electrons. The Bertz CT molecular complexity index is 1170. The summed E-state index contributed by atoms with van der Waals surface area (Å²) in [6, 6.07) is 8.75. The number of benzene rings is 1.